The molecule has 0 aromatic heterocycles. The van der Waals surface area contributed by atoms with Gasteiger partial charge in [0.2, 0.25) is 5.91 Å². The average Bonchev–Trinajstić information content (AvgIpc) is 2.12. The van der Waals surface area contributed by atoms with Gasteiger partial charge in [0.15, 0.2) is 0 Å². The van der Waals surface area contributed by atoms with Crippen molar-refractivity contribution in [1.82, 2.24) is 4.90 Å². The van der Waals surface area contributed by atoms with Crippen LogP contribution < -0.4 is 5.73 Å². The standard InChI is InChI=1S/C10H20N2O3/c1-5-15-10(14)12(4)8(9(11)13)6-7(2)3/h7-8H,5-6H2,1-4H3,(H2,11,13). The molecule has 0 spiro atoms. The predicted octanol–water partition coefficient (Wildman–Crippen LogP) is 0.975. The van der Waals surface area contributed by atoms with Gasteiger partial charge in [-0.3, -0.25) is 9.69 Å². The lowest BCUT2D eigenvalue weighted by Gasteiger charge is -2.25. The molecule has 0 fully saturated rings. The van der Waals surface area contributed by atoms with Crippen molar-refractivity contribution in [3.8, 4) is 0 Å². The Morgan fingerprint density at radius 2 is 1.93 bits per heavy atom. The van der Waals surface area contributed by atoms with Crippen LogP contribution in [0, 0.1) is 5.92 Å². The highest BCUT2D eigenvalue weighted by Gasteiger charge is 2.26. The Bertz CT molecular complexity index is 229. The van der Waals surface area contributed by atoms with Gasteiger partial charge in [0.25, 0.3) is 0 Å². The largest absolute Gasteiger partial charge is 0.450 e. The van der Waals surface area contributed by atoms with Gasteiger partial charge in [-0.15, -0.1) is 0 Å². The SMILES string of the molecule is CCOC(=O)N(C)C(CC(C)C)C(N)=O. The zero-order valence-electron chi connectivity index (χ0n) is 9.82. The van der Waals surface area contributed by atoms with Gasteiger partial charge in [0.05, 0.1) is 6.61 Å². The van der Waals surface area contributed by atoms with E-state index in [1.165, 1.54) is 11.9 Å². The average molecular weight is 216 g/mol. The highest BCUT2D eigenvalue weighted by molar-refractivity contribution is 5.84. The summed E-state index contributed by atoms with van der Waals surface area (Å²) in [6, 6.07) is -0.593. The van der Waals surface area contributed by atoms with E-state index < -0.39 is 18.0 Å². The molecule has 5 heteroatoms. The molecule has 0 rings (SSSR count). The predicted molar refractivity (Wildman–Crippen MR) is 57.2 cm³/mol. The van der Waals surface area contributed by atoms with Gasteiger partial charge >= 0.3 is 6.09 Å². The third kappa shape index (κ3) is 4.67. The third-order valence-electron chi connectivity index (χ3n) is 2.05. The van der Waals surface area contributed by atoms with Crippen molar-refractivity contribution in [3.63, 3.8) is 0 Å². The first kappa shape index (κ1) is 13.7. The Morgan fingerprint density at radius 3 is 2.27 bits per heavy atom. The number of hydrogen-bond donors (Lipinski definition) is 1. The van der Waals surface area contributed by atoms with Crippen LogP contribution in [0.4, 0.5) is 4.79 Å². The van der Waals surface area contributed by atoms with Crippen molar-refractivity contribution < 1.29 is 14.3 Å². The molecule has 2 amide bonds. The van der Waals surface area contributed by atoms with Crippen molar-refractivity contribution >= 4 is 12.0 Å². The number of amides is 2. The monoisotopic (exact) mass is 216 g/mol. The molecule has 0 radical (unpaired) electrons. The van der Waals surface area contributed by atoms with E-state index in [1.54, 1.807) is 6.92 Å². The molecule has 0 aliphatic carbocycles. The summed E-state index contributed by atoms with van der Waals surface area (Å²) in [5.41, 5.74) is 5.23. The topological polar surface area (TPSA) is 72.6 Å². The Morgan fingerprint density at radius 1 is 1.40 bits per heavy atom. The van der Waals surface area contributed by atoms with Crippen molar-refractivity contribution in [2.75, 3.05) is 13.7 Å². The van der Waals surface area contributed by atoms with Crippen LogP contribution >= 0.6 is 0 Å². The maximum Gasteiger partial charge on any atom is 0.410 e. The fourth-order valence-corrected chi connectivity index (χ4v) is 1.26. The fraction of sp³-hybridized carbons (Fsp3) is 0.800. The summed E-state index contributed by atoms with van der Waals surface area (Å²) in [6.45, 7) is 5.94. The van der Waals surface area contributed by atoms with Gasteiger partial charge < -0.3 is 10.5 Å². The summed E-state index contributed by atoms with van der Waals surface area (Å²) >= 11 is 0. The van der Waals surface area contributed by atoms with Crippen LogP contribution in [0.2, 0.25) is 0 Å². The second-order valence-corrected chi connectivity index (χ2v) is 3.86. The van der Waals surface area contributed by atoms with Crippen LogP contribution in [0.15, 0.2) is 0 Å². The quantitative estimate of drug-likeness (QED) is 0.744. The van der Waals surface area contributed by atoms with E-state index >= 15 is 0 Å². The first-order chi connectivity index (χ1) is 6.90. The van der Waals surface area contributed by atoms with E-state index in [9.17, 15) is 9.59 Å². The molecule has 5 nitrogen and oxygen atoms in total. The van der Waals surface area contributed by atoms with E-state index in [4.69, 9.17) is 10.5 Å². The zero-order valence-corrected chi connectivity index (χ0v) is 9.82. The fourth-order valence-electron chi connectivity index (χ4n) is 1.26. The smallest absolute Gasteiger partial charge is 0.410 e. The van der Waals surface area contributed by atoms with Crippen LogP contribution in [-0.2, 0) is 9.53 Å². The van der Waals surface area contributed by atoms with Gasteiger partial charge in [-0.05, 0) is 19.3 Å². The molecule has 2 N–H and O–H groups in total. The number of ether oxygens (including phenoxy) is 1. The van der Waals surface area contributed by atoms with Crippen LogP contribution in [0.25, 0.3) is 0 Å². The molecule has 0 bridgehead atoms. The highest BCUT2D eigenvalue weighted by Crippen LogP contribution is 2.10. The minimum atomic E-state index is -0.593. The minimum absolute atomic E-state index is 0.288. The lowest BCUT2D eigenvalue weighted by Crippen LogP contribution is -2.46. The summed E-state index contributed by atoms with van der Waals surface area (Å²) in [7, 11) is 1.52. The van der Waals surface area contributed by atoms with E-state index in [1.807, 2.05) is 13.8 Å². The molecule has 88 valence electrons. The maximum atomic E-state index is 11.4. The van der Waals surface area contributed by atoms with E-state index in [2.05, 4.69) is 0 Å². The first-order valence-corrected chi connectivity index (χ1v) is 5.09. The van der Waals surface area contributed by atoms with Crippen LogP contribution in [-0.4, -0.2) is 36.6 Å². The Hall–Kier alpha value is -1.26. The molecular formula is C10H20N2O3. The van der Waals surface area contributed by atoms with Gasteiger partial charge in [0.1, 0.15) is 6.04 Å². The molecule has 0 aliphatic rings. The highest BCUT2D eigenvalue weighted by atomic mass is 16.6. The molecule has 0 saturated carbocycles. The number of rotatable bonds is 5. The van der Waals surface area contributed by atoms with Gasteiger partial charge in [-0.25, -0.2) is 4.79 Å². The number of nitrogens with zero attached hydrogens (tertiary/aromatic N) is 1. The Kier molecular flexibility index (Phi) is 5.74. The Labute approximate surface area is 90.6 Å². The maximum absolute atomic E-state index is 11.4. The normalized spacial score (nSPS) is 12.3. The van der Waals surface area contributed by atoms with Crippen LogP contribution in [0.1, 0.15) is 27.2 Å². The summed E-state index contributed by atoms with van der Waals surface area (Å²) in [5, 5.41) is 0. The summed E-state index contributed by atoms with van der Waals surface area (Å²) in [5.74, 6) is -0.210. The number of hydrogen-bond acceptors (Lipinski definition) is 3. The number of carbonyl (C=O) groups is 2. The first-order valence-electron chi connectivity index (χ1n) is 5.09. The van der Waals surface area contributed by atoms with Crippen molar-refractivity contribution in [1.29, 1.82) is 0 Å². The summed E-state index contributed by atoms with van der Waals surface area (Å²) in [6.07, 6.45) is 0.0342. The van der Waals surface area contributed by atoms with E-state index in [0.717, 1.165) is 0 Å². The van der Waals surface area contributed by atoms with Crippen LogP contribution in [0.3, 0.4) is 0 Å². The summed E-state index contributed by atoms with van der Waals surface area (Å²) < 4.78 is 4.80. The van der Waals surface area contributed by atoms with Crippen molar-refractivity contribution in [2.24, 2.45) is 11.7 Å². The van der Waals surface area contributed by atoms with Crippen LogP contribution in [0.5, 0.6) is 0 Å². The molecule has 0 heterocycles. The molecule has 0 aliphatic heterocycles. The van der Waals surface area contributed by atoms with Gasteiger partial charge in [0, 0.05) is 7.05 Å². The number of likely N-dealkylation sites (N-methyl/N-ethyl adjacent to an activating group) is 1. The Balaban J connectivity index is 4.47. The number of nitrogens with two attached hydrogens (primary N) is 1. The van der Waals surface area contributed by atoms with Gasteiger partial charge in [-0.2, -0.15) is 0 Å². The molecule has 0 aromatic rings. The molecule has 1 atom stereocenters. The zero-order chi connectivity index (χ0) is 12.0. The number of carbonyl (C=O) groups excluding carboxylic acids is 2. The lowest BCUT2D eigenvalue weighted by atomic mass is 10.0. The molecule has 1 unspecified atom stereocenters. The van der Waals surface area contributed by atoms with Crippen molar-refractivity contribution in [3.05, 3.63) is 0 Å². The van der Waals surface area contributed by atoms with E-state index in [-0.39, 0.29) is 6.61 Å². The number of primary amides is 1. The minimum Gasteiger partial charge on any atom is -0.450 e. The second-order valence-electron chi connectivity index (χ2n) is 3.86. The lowest BCUT2D eigenvalue weighted by molar-refractivity contribution is -0.122. The van der Waals surface area contributed by atoms with Crippen molar-refractivity contribution in [2.45, 2.75) is 33.2 Å². The molecule has 15 heavy (non-hydrogen) atoms. The molecule has 0 saturated heterocycles. The molecule has 0 aromatic carbocycles. The summed E-state index contributed by atoms with van der Waals surface area (Å²) in [4.78, 5) is 23.8. The second kappa shape index (κ2) is 6.27. The van der Waals surface area contributed by atoms with Gasteiger partial charge in [-0.1, -0.05) is 13.8 Å². The third-order valence-corrected chi connectivity index (χ3v) is 2.05. The van der Waals surface area contributed by atoms with E-state index in [0.29, 0.717) is 12.3 Å². The molecular weight excluding hydrogens is 196 g/mol.